The molecule has 7 nitrogen and oxygen atoms in total. The van der Waals surface area contributed by atoms with E-state index in [0.29, 0.717) is 16.1 Å². The van der Waals surface area contributed by atoms with E-state index in [1.807, 2.05) is 30.3 Å². The van der Waals surface area contributed by atoms with Crippen molar-refractivity contribution in [1.82, 2.24) is 9.88 Å². The number of Topliss-reactive ketones (excluding diaryl/α,β-unsaturated/α-hetero) is 1. The molecule has 1 aromatic carbocycles. The van der Waals surface area contributed by atoms with E-state index in [-0.39, 0.29) is 11.7 Å². The Morgan fingerprint density at radius 3 is 2.39 bits per heavy atom. The first-order chi connectivity index (χ1) is 14.9. The Morgan fingerprint density at radius 2 is 1.71 bits per heavy atom. The van der Waals surface area contributed by atoms with Crippen molar-refractivity contribution in [3.8, 4) is 0 Å². The Balaban J connectivity index is 1.55. The number of nitrogens with zero attached hydrogens (tertiary/aromatic N) is 4. The Kier molecular flexibility index (Phi) is 5.82. The number of aromatic nitrogens is 1. The molecule has 1 fully saturated rings. The van der Waals surface area contributed by atoms with Crippen LogP contribution in [0, 0.1) is 0 Å². The van der Waals surface area contributed by atoms with E-state index in [0.717, 1.165) is 54.2 Å². The molecule has 1 aliphatic rings. The Labute approximate surface area is 186 Å². The molecule has 162 valence electrons. The van der Waals surface area contributed by atoms with Crippen LogP contribution in [-0.2, 0) is 0 Å². The minimum absolute atomic E-state index is 0.00794. The zero-order valence-electron chi connectivity index (χ0n) is 18.1. The van der Waals surface area contributed by atoms with Crippen molar-refractivity contribution in [1.29, 1.82) is 0 Å². The third-order valence-electron chi connectivity index (χ3n) is 5.65. The molecule has 0 saturated carbocycles. The van der Waals surface area contributed by atoms with Gasteiger partial charge in [-0.3, -0.25) is 9.59 Å². The molecular formula is C23H27N5O2S. The predicted octanol–water partition coefficient (Wildman–Crippen LogP) is 3.50. The fourth-order valence-electron chi connectivity index (χ4n) is 4.04. The van der Waals surface area contributed by atoms with Crippen molar-refractivity contribution < 1.29 is 9.59 Å². The van der Waals surface area contributed by atoms with Gasteiger partial charge in [0.1, 0.15) is 4.83 Å². The topological polar surface area (TPSA) is 82.8 Å². The van der Waals surface area contributed by atoms with Gasteiger partial charge < -0.3 is 20.4 Å². The highest BCUT2D eigenvalue weighted by Crippen LogP contribution is 2.39. The number of anilines is 3. The first-order valence-corrected chi connectivity index (χ1v) is 11.2. The van der Waals surface area contributed by atoms with Crippen LogP contribution in [0.4, 0.5) is 17.1 Å². The Bertz CT molecular complexity index is 1120. The van der Waals surface area contributed by atoms with Crippen molar-refractivity contribution in [3.63, 3.8) is 0 Å². The summed E-state index contributed by atoms with van der Waals surface area (Å²) in [6.45, 7) is 5.07. The van der Waals surface area contributed by atoms with E-state index in [4.69, 9.17) is 5.73 Å². The molecule has 0 atom stereocenters. The molecule has 3 heterocycles. The third kappa shape index (κ3) is 4.07. The summed E-state index contributed by atoms with van der Waals surface area (Å²) in [5.74, 6) is -0.0155. The lowest BCUT2D eigenvalue weighted by atomic mass is 10.1. The maximum atomic E-state index is 12.1. The van der Waals surface area contributed by atoms with Gasteiger partial charge in [0, 0.05) is 64.6 Å². The summed E-state index contributed by atoms with van der Waals surface area (Å²) in [5, 5.41) is 0.887. The molecule has 0 radical (unpaired) electrons. The molecule has 8 heteroatoms. The number of thiophene rings is 1. The largest absolute Gasteiger partial charge is 0.397 e. The summed E-state index contributed by atoms with van der Waals surface area (Å²) in [7, 11) is 3.52. The van der Waals surface area contributed by atoms with Crippen LogP contribution < -0.4 is 15.5 Å². The van der Waals surface area contributed by atoms with Gasteiger partial charge in [-0.2, -0.15) is 0 Å². The van der Waals surface area contributed by atoms with Crippen molar-refractivity contribution >= 4 is 50.3 Å². The van der Waals surface area contributed by atoms with Gasteiger partial charge >= 0.3 is 0 Å². The number of carbonyl (C=O) groups is 2. The second kappa shape index (κ2) is 8.55. The molecule has 2 aromatic heterocycles. The van der Waals surface area contributed by atoms with Gasteiger partial charge in [0.2, 0.25) is 0 Å². The second-order valence-electron chi connectivity index (χ2n) is 7.99. The minimum atomic E-state index is -0.0234. The van der Waals surface area contributed by atoms with E-state index in [9.17, 15) is 9.59 Å². The summed E-state index contributed by atoms with van der Waals surface area (Å²) in [6, 6.07) is 9.82. The molecule has 0 unspecified atom stereocenters. The number of amides is 1. The maximum absolute atomic E-state index is 12.1. The predicted molar refractivity (Wildman–Crippen MR) is 128 cm³/mol. The normalized spacial score (nSPS) is 14.5. The van der Waals surface area contributed by atoms with Crippen LogP contribution in [0.5, 0.6) is 0 Å². The summed E-state index contributed by atoms with van der Waals surface area (Å²) in [5.41, 5.74) is 9.74. The summed E-state index contributed by atoms with van der Waals surface area (Å²) >= 11 is 1.36. The Morgan fingerprint density at radius 1 is 1.03 bits per heavy atom. The van der Waals surface area contributed by atoms with Gasteiger partial charge in [-0.25, -0.2) is 4.98 Å². The lowest BCUT2D eigenvalue weighted by molar-refractivity contribution is 0.0827. The number of ketones is 1. The number of benzene rings is 1. The van der Waals surface area contributed by atoms with Crippen molar-refractivity contribution in [2.75, 3.05) is 55.8 Å². The van der Waals surface area contributed by atoms with Gasteiger partial charge in [0.05, 0.1) is 21.6 Å². The molecule has 2 N–H and O–H groups in total. The quantitative estimate of drug-likeness (QED) is 0.629. The third-order valence-corrected chi connectivity index (χ3v) is 6.86. The van der Waals surface area contributed by atoms with Gasteiger partial charge in [-0.1, -0.05) is 0 Å². The van der Waals surface area contributed by atoms with Gasteiger partial charge in [0.25, 0.3) is 5.91 Å². The van der Waals surface area contributed by atoms with Crippen molar-refractivity contribution in [3.05, 3.63) is 47.0 Å². The van der Waals surface area contributed by atoms with Gasteiger partial charge in [-0.15, -0.1) is 11.3 Å². The standard InChI is InChI=1S/C23H27N5O2S/c1-15(29)21-20(24)19-18(9-10-25-22(19)31-21)28-12-4-11-27(13-14-28)17-7-5-16(6-8-17)23(30)26(2)3/h5-10H,4,11-14,24H2,1-3H3. The average Bonchev–Trinajstić information content (AvgIpc) is 2.94. The van der Waals surface area contributed by atoms with E-state index in [1.54, 1.807) is 32.1 Å². The van der Waals surface area contributed by atoms with Crippen LogP contribution in [0.2, 0.25) is 0 Å². The van der Waals surface area contributed by atoms with Crippen LogP contribution >= 0.6 is 11.3 Å². The molecule has 3 aromatic rings. The number of pyridine rings is 1. The van der Waals surface area contributed by atoms with E-state index in [2.05, 4.69) is 14.8 Å². The number of carbonyl (C=O) groups excluding carboxylic acids is 2. The highest BCUT2D eigenvalue weighted by Gasteiger charge is 2.22. The van der Waals surface area contributed by atoms with Crippen molar-refractivity contribution in [2.45, 2.75) is 13.3 Å². The number of fused-ring (bicyclic) bond motifs is 1. The zero-order chi connectivity index (χ0) is 22.1. The molecule has 0 aliphatic carbocycles. The van der Waals surface area contributed by atoms with Gasteiger partial charge in [0.15, 0.2) is 5.78 Å². The molecule has 1 saturated heterocycles. The van der Waals surface area contributed by atoms with Crippen LogP contribution in [0.3, 0.4) is 0 Å². The summed E-state index contributed by atoms with van der Waals surface area (Å²) in [4.78, 5) is 36.2. The second-order valence-corrected chi connectivity index (χ2v) is 8.98. The van der Waals surface area contributed by atoms with E-state index < -0.39 is 0 Å². The van der Waals surface area contributed by atoms with Crippen LogP contribution in [0.25, 0.3) is 10.2 Å². The summed E-state index contributed by atoms with van der Waals surface area (Å²) in [6.07, 6.45) is 2.78. The van der Waals surface area contributed by atoms with Gasteiger partial charge in [-0.05, 0) is 36.8 Å². The monoisotopic (exact) mass is 437 g/mol. The molecule has 0 spiro atoms. The minimum Gasteiger partial charge on any atom is -0.397 e. The van der Waals surface area contributed by atoms with Crippen LogP contribution in [-0.4, -0.2) is 61.8 Å². The van der Waals surface area contributed by atoms with Crippen LogP contribution in [0.15, 0.2) is 36.5 Å². The first kappa shape index (κ1) is 21.1. The number of rotatable bonds is 4. The molecule has 1 aliphatic heterocycles. The number of hydrogen-bond donors (Lipinski definition) is 1. The molecule has 1 amide bonds. The molecule has 4 rings (SSSR count). The number of nitrogen functional groups attached to an aromatic ring is 1. The number of nitrogens with two attached hydrogens (primary N) is 1. The molecule has 0 bridgehead atoms. The lowest BCUT2D eigenvalue weighted by Crippen LogP contribution is -2.31. The zero-order valence-corrected chi connectivity index (χ0v) is 18.9. The van der Waals surface area contributed by atoms with E-state index >= 15 is 0 Å². The fourth-order valence-corrected chi connectivity index (χ4v) is 5.02. The summed E-state index contributed by atoms with van der Waals surface area (Å²) < 4.78 is 0. The average molecular weight is 438 g/mol. The Hall–Kier alpha value is -3.13. The van der Waals surface area contributed by atoms with Crippen molar-refractivity contribution in [2.24, 2.45) is 0 Å². The highest BCUT2D eigenvalue weighted by atomic mass is 32.1. The maximum Gasteiger partial charge on any atom is 0.253 e. The van der Waals surface area contributed by atoms with Crippen LogP contribution in [0.1, 0.15) is 33.4 Å². The highest BCUT2D eigenvalue weighted by molar-refractivity contribution is 7.21. The molecular weight excluding hydrogens is 410 g/mol. The first-order valence-electron chi connectivity index (χ1n) is 10.4. The smallest absolute Gasteiger partial charge is 0.253 e. The number of hydrogen-bond acceptors (Lipinski definition) is 7. The lowest BCUT2D eigenvalue weighted by Gasteiger charge is -2.25. The van der Waals surface area contributed by atoms with E-state index in [1.165, 1.54) is 11.3 Å². The molecule has 31 heavy (non-hydrogen) atoms. The fraction of sp³-hybridized carbons (Fsp3) is 0.348. The SMILES string of the molecule is CC(=O)c1sc2nccc(N3CCCN(c4ccc(C(=O)N(C)C)cc4)CC3)c2c1N.